The Hall–Kier alpha value is -1.23. The molecule has 0 aliphatic carbocycles. The average Bonchev–Trinajstić information content (AvgIpc) is 2.31. The van der Waals surface area contributed by atoms with Gasteiger partial charge in [0, 0.05) is 25.8 Å². The van der Waals surface area contributed by atoms with Crippen LogP contribution in [0, 0.1) is 0 Å². The van der Waals surface area contributed by atoms with Crippen LogP contribution in [0.2, 0.25) is 10.0 Å². The van der Waals surface area contributed by atoms with E-state index in [0.29, 0.717) is 31.5 Å². The molecule has 2 aromatic rings. The molecule has 98 valence electrons. The van der Waals surface area contributed by atoms with Gasteiger partial charge in [0.2, 0.25) is 0 Å². The number of hydrogen-bond acceptors (Lipinski definition) is 2. The number of amides is 1. The lowest BCUT2D eigenvalue weighted by molar-refractivity contribution is 0.102. The molecule has 2 rings (SSSR count). The molecule has 0 saturated carbocycles. The Morgan fingerprint density at radius 1 is 1.11 bits per heavy atom. The van der Waals surface area contributed by atoms with Crippen LogP contribution in [0.4, 0.5) is 11.4 Å². The minimum absolute atomic E-state index is 0.294. The van der Waals surface area contributed by atoms with Gasteiger partial charge in [-0.15, -0.1) is 0 Å². The minimum Gasteiger partial charge on any atom is -0.399 e. The van der Waals surface area contributed by atoms with E-state index in [4.69, 9.17) is 28.9 Å². The van der Waals surface area contributed by atoms with Crippen LogP contribution >= 0.6 is 39.1 Å². The topological polar surface area (TPSA) is 55.1 Å². The maximum atomic E-state index is 12.1. The Balaban J connectivity index is 2.25. The van der Waals surface area contributed by atoms with Gasteiger partial charge >= 0.3 is 0 Å². The molecule has 0 unspecified atom stereocenters. The zero-order valence-electron chi connectivity index (χ0n) is 9.58. The first-order valence-electron chi connectivity index (χ1n) is 5.28. The molecule has 0 saturated heterocycles. The lowest BCUT2D eigenvalue weighted by Crippen LogP contribution is -2.12. The van der Waals surface area contributed by atoms with E-state index < -0.39 is 0 Å². The summed E-state index contributed by atoms with van der Waals surface area (Å²) >= 11 is 15.0. The molecule has 19 heavy (non-hydrogen) atoms. The Kier molecular flexibility index (Phi) is 4.34. The van der Waals surface area contributed by atoms with Crippen LogP contribution in [0.5, 0.6) is 0 Å². The molecular weight excluding hydrogens is 351 g/mol. The van der Waals surface area contributed by atoms with Crippen molar-refractivity contribution in [2.24, 2.45) is 0 Å². The quantitative estimate of drug-likeness (QED) is 0.770. The standard InChI is InChI=1S/C13H9BrCl2N2O/c14-11-6-8(15)1-2-12(11)18-13(19)7-3-9(16)5-10(17)4-7/h1-6H,17H2,(H,18,19). The van der Waals surface area contributed by atoms with Gasteiger partial charge < -0.3 is 11.1 Å². The third-order valence-corrected chi connectivity index (χ3v) is 3.47. The van der Waals surface area contributed by atoms with E-state index in [1.807, 2.05) is 0 Å². The molecule has 1 amide bonds. The Morgan fingerprint density at radius 2 is 1.84 bits per heavy atom. The lowest BCUT2D eigenvalue weighted by atomic mass is 10.2. The second-order valence-corrected chi connectivity index (χ2v) is 5.58. The first kappa shape index (κ1) is 14.2. The number of carbonyl (C=O) groups excluding carboxylic acids is 1. The fraction of sp³-hybridized carbons (Fsp3) is 0. The van der Waals surface area contributed by atoms with Gasteiger partial charge in [-0.3, -0.25) is 4.79 Å². The van der Waals surface area contributed by atoms with Crippen LogP contribution < -0.4 is 11.1 Å². The van der Waals surface area contributed by atoms with Crippen LogP contribution in [0.15, 0.2) is 40.9 Å². The number of nitrogen functional groups attached to an aromatic ring is 1. The minimum atomic E-state index is -0.294. The SMILES string of the molecule is Nc1cc(Cl)cc(C(=O)Nc2ccc(Cl)cc2Br)c1. The van der Waals surface area contributed by atoms with Crippen LogP contribution in [0.25, 0.3) is 0 Å². The van der Waals surface area contributed by atoms with Gasteiger partial charge in [-0.2, -0.15) is 0 Å². The van der Waals surface area contributed by atoms with Crippen molar-refractivity contribution in [3.05, 3.63) is 56.5 Å². The van der Waals surface area contributed by atoms with Gasteiger partial charge in [0.1, 0.15) is 0 Å². The summed E-state index contributed by atoms with van der Waals surface area (Å²) in [6.07, 6.45) is 0. The summed E-state index contributed by atoms with van der Waals surface area (Å²) < 4.78 is 0.698. The largest absolute Gasteiger partial charge is 0.399 e. The van der Waals surface area contributed by atoms with E-state index in [0.717, 1.165) is 0 Å². The summed E-state index contributed by atoms with van der Waals surface area (Å²) in [7, 11) is 0. The Bertz CT molecular complexity index is 626. The van der Waals surface area contributed by atoms with E-state index in [1.165, 1.54) is 0 Å². The second kappa shape index (κ2) is 5.82. The molecule has 6 heteroatoms. The zero-order valence-corrected chi connectivity index (χ0v) is 12.7. The average molecular weight is 360 g/mol. The summed E-state index contributed by atoms with van der Waals surface area (Å²) in [5.41, 5.74) is 7.10. The number of nitrogens with two attached hydrogens (primary N) is 1. The third-order valence-electron chi connectivity index (χ3n) is 2.36. The fourth-order valence-electron chi connectivity index (χ4n) is 1.53. The van der Waals surface area contributed by atoms with Crippen LogP contribution in [0.3, 0.4) is 0 Å². The van der Waals surface area contributed by atoms with E-state index in [2.05, 4.69) is 21.2 Å². The smallest absolute Gasteiger partial charge is 0.255 e. The summed E-state index contributed by atoms with van der Waals surface area (Å²) in [5.74, 6) is -0.294. The number of anilines is 2. The molecule has 0 fully saturated rings. The van der Waals surface area contributed by atoms with Gasteiger partial charge in [-0.05, 0) is 52.3 Å². The molecule has 0 bridgehead atoms. The maximum Gasteiger partial charge on any atom is 0.255 e. The molecule has 0 atom stereocenters. The number of hydrogen-bond donors (Lipinski definition) is 2. The number of rotatable bonds is 2. The van der Waals surface area contributed by atoms with Crippen molar-refractivity contribution in [3.8, 4) is 0 Å². The van der Waals surface area contributed by atoms with Crippen LogP contribution in [-0.4, -0.2) is 5.91 Å². The molecule has 2 aromatic carbocycles. The highest BCUT2D eigenvalue weighted by molar-refractivity contribution is 9.10. The molecule has 0 aliphatic heterocycles. The second-order valence-electron chi connectivity index (χ2n) is 3.85. The molecule has 0 aromatic heterocycles. The number of carbonyl (C=O) groups is 1. The van der Waals surface area contributed by atoms with Crippen molar-refractivity contribution >= 4 is 56.4 Å². The molecular formula is C13H9BrCl2N2O. The van der Waals surface area contributed by atoms with Crippen molar-refractivity contribution in [1.29, 1.82) is 0 Å². The van der Waals surface area contributed by atoms with E-state index in [-0.39, 0.29) is 5.91 Å². The number of nitrogens with one attached hydrogen (secondary N) is 1. The van der Waals surface area contributed by atoms with Gasteiger partial charge in [-0.25, -0.2) is 0 Å². The highest BCUT2D eigenvalue weighted by Crippen LogP contribution is 2.26. The van der Waals surface area contributed by atoms with E-state index in [9.17, 15) is 4.79 Å². The van der Waals surface area contributed by atoms with Crippen LogP contribution in [-0.2, 0) is 0 Å². The number of benzene rings is 2. The first-order valence-corrected chi connectivity index (χ1v) is 6.83. The predicted octanol–water partition coefficient (Wildman–Crippen LogP) is 4.59. The Labute approximate surface area is 128 Å². The lowest BCUT2D eigenvalue weighted by Gasteiger charge is -2.08. The molecule has 0 aliphatic rings. The van der Waals surface area contributed by atoms with Crippen molar-refractivity contribution in [1.82, 2.24) is 0 Å². The summed E-state index contributed by atoms with van der Waals surface area (Å²) in [5, 5.41) is 3.75. The maximum absolute atomic E-state index is 12.1. The molecule has 0 heterocycles. The summed E-state index contributed by atoms with van der Waals surface area (Å²) in [6.45, 7) is 0. The van der Waals surface area contributed by atoms with Gasteiger partial charge in [0.15, 0.2) is 0 Å². The van der Waals surface area contributed by atoms with Crippen molar-refractivity contribution in [3.63, 3.8) is 0 Å². The Morgan fingerprint density at radius 3 is 2.47 bits per heavy atom. The highest BCUT2D eigenvalue weighted by Gasteiger charge is 2.10. The normalized spacial score (nSPS) is 10.3. The monoisotopic (exact) mass is 358 g/mol. The zero-order chi connectivity index (χ0) is 14.0. The van der Waals surface area contributed by atoms with Crippen molar-refractivity contribution < 1.29 is 4.79 Å². The van der Waals surface area contributed by atoms with Crippen molar-refractivity contribution in [2.75, 3.05) is 11.1 Å². The highest BCUT2D eigenvalue weighted by atomic mass is 79.9. The number of halogens is 3. The summed E-state index contributed by atoms with van der Waals surface area (Å²) in [4.78, 5) is 12.1. The molecule has 3 N–H and O–H groups in total. The van der Waals surface area contributed by atoms with Gasteiger partial charge in [0.05, 0.1) is 5.69 Å². The van der Waals surface area contributed by atoms with Crippen LogP contribution in [0.1, 0.15) is 10.4 Å². The van der Waals surface area contributed by atoms with Crippen molar-refractivity contribution in [2.45, 2.75) is 0 Å². The van der Waals surface area contributed by atoms with E-state index >= 15 is 0 Å². The molecule has 0 radical (unpaired) electrons. The summed E-state index contributed by atoms with van der Waals surface area (Å²) in [6, 6.07) is 9.79. The third kappa shape index (κ3) is 3.62. The fourth-order valence-corrected chi connectivity index (χ4v) is 2.55. The molecule has 0 spiro atoms. The first-order chi connectivity index (χ1) is 8.95. The van der Waals surface area contributed by atoms with E-state index in [1.54, 1.807) is 36.4 Å². The predicted molar refractivity (Wildman–Crippen MR) is 83.0 cm³/mol. The van der Waals surface area contributed by atoms with Gasteiger partial charge in [-0.1, -0.05) is 23.2 Å². The molecule has 3 nitrogen and oxygen atoms in total. The van der Waals surface area contributed by atoms with Gasteiger partial charge in [0.25, 0.3) is 5.91 Å².